The van der Waals surface area contributed by atoms with Gasteiger partial charge in [-0.1, -0.05) is 32.0 Å². The molecule has 0 saturated carbocycles. The summed E-state index contributed by atoms with van der Waals surface area (Å²) in [7, 11) is -3.60. The summed E-state index contributed by atoms with van der Waals surface area (Å²) in [5.41, 5.74) is 1.88. The number of aryl methyl sites for hydroxylation is 1. The van der Waals surface area contributed by atoms with Crippen molar-refractivity contribution in [3.8, 4) is 0 Å². The summed E-state index contributed by atoms with van der Waals surface area (Å²) >= 11 is 0. The number of benzene rings is 2. The topological polar surface area (TPSA) is 62.0 Å². The Morgan fingerprint density at radius 1 is 1.16 bits per heavy atom. The highest BCUT2D eigenvalue weighted by Crippen LogP contribution is 2.30. The minimum atomic E-state index is -3.60. The molecular formula is C19H21FN2O2S. The van der Waals surface area contributed by atoms with Crippen molar-refractivity contribution < 1.29 is 12.8 Å². The van der Waals surface area contributed by atoms with Gasteiger partial charge in [0.1, 0.15) is 5.82 Å². The molecule has 0 unspecified atom stereocenters. The molecule has 0 saturated heterocycles. The average molecular weight is 360 g/mol. The fourth-order valence-corrected chi connectivity index (χ4v) is 4.42. The van der Waals surface area contributed by atoms with Crippen LogP contribution in [-0.4, -0.2) is 19.9 Å². The summed E-state index contributed by atoms with van der Waals surface area (Å²) in [5.74, 6) is -0.307. The number of hydrogen-bond acceptors (Lipinski definition) is 2. The molecule has 1 heterocycles. The lowest BCUT2D eigenvalue weighted by Gasteiger charge is -2.25. The molecule has 0 aliphatic carbocycles. The normalized spacial score (nSPS) is 12.6. The van der Waals surface area contributed by atoms with Crippen molar-refractivity contribution in [3.63, 3.8) is 0 Å². The molecule has 6 heteroatoms. The van der Waals surface area contributed by atoms with E-state index < -0.39 is 15.4 Å². The number of rotatable bonds is 5. The lowest BCUT2D eigenvalue weighted by molar-refractivity contribution is 0.504. The molecule has 0 fully saturated rings. The van der Waals surface area contributed by atoms with Crippen LogP contribution in [0.1, 0.15) is 25.0 Å². The number of sulfonamides is 1. The van der Waals surface area contributed by atoms with Crippen molar-refractivity contribution in [1.82, 2.24) is 9.71 Å². The van der Waals surface area contributed by atoms with Crippen LogP contribution in [0.3, 0.4) is 0 Å². The molecule has 1 aromatic heterocycles. The van der Waals surface area contributed by atoms with Gasteiger partial charge >= 0.3 is 0 Å². The highest BCUT2D eigenvalue weighted by Gasteiger charge is 2.27. The molecular weight excluding hydrogens is 339 g/mol. The van der Waals surface area contributed by atoms with Gasteiger partial charge in [0.25, 0.3) is 0 Å². The molecule has 0 aliphatic rings. The van der Waals surface area contributed by atoms with E-state index in [2.05, 4.69) is 9.71 Å². The maximum Gasteiger partial charge on any atom is 0.240 e. The summed E-state index contributed by atoms with van der Waals surface area (Å²) < 4.78 is 41.3. The molecule has 3 aromatic rings. The third-order valence-electron chi connectivity index (χ3n) is 4.46. The Balaban J connectivity index is 1.87. The van der Waals surface area contributed by atoms with E-state index in [1.54, 1.807) is 31.2 Å². The Kier molecular flexibility index (Phi) is 4.43. The van der Waals surface area contributed by atoms with Gasteiger partial charge in [-0.2, -0.15) is 0 Å². The summed E-state index contributed by atoms with van der Waals surface area (Å²) in [6.45, 7) is 5.92. The van der Waals surface area contributed by atoms with Crippen LogP contribution in [0.4, 0.5) is 4.39 Å². The number of halogens is 1. The van der Waals surface area contributed by atoms with Crippen molar-refractivity contribution in [2.45, 2.75) is 31.1 Å². The fraction of sp³-hybridized carbons (Fsp3) is 0.263. The molecule has 0 bridgehead atoms. The summed E-state index contributed by atoms with van der Waals surface area (Å²) in [5, 5.41) is 0.890. The van der Waals surface area contributed by atoms with Crippen molar-refractivity contribution in [3.05, 3.63) is 65.6 Å². The zero-order chi connectivity index (χ0) is 18.2. The van der Waals surface area contributed by atoms with E-state index in [-0.39, 0.29) is 17.3 Å². The average Bonchev–Trinajstić information content (AvgIpc) is 2.97. The SMILES string of the molecule is Cc1ccccc1S(=O)(=O)NCC(C)(C)c1c[nH]c2cc(F)ccc12. The Morgan fingerprint density at radius 2 is 1.88 bits per heavy atom. The van der Waals surface area contributed by atoms with Crippen LogP contribution >= 0.6 is 0 Å². The van der Waals surface area contributed by atoms with Crippen LogP contribution in [0.2, 0.25) is 0 Å². The van der Waals surface area contributed by atoms with Crippen molar-refractivity contribution in [2.75, 3.05) is 6.54 Å². The first kappa shape index (κ1) is 17.6. The third kappa shape index (κ3) is 3.45. The standard InChI is InChI=1S/C19H21FN2O2S/c1-13-6-4-5-7-18(13)25(23,24)22-12-19(2,3)16-11-21-17-10-14(20)8-9-15(16)17/h4-11,21-22H,12H2,1-3H3. The van der Waals surface area contributed by atoms with Gasteiger partial charge in [0.2, 0.25) is 10.0 Å². The number of fused-ring (bicyclic) bond motifs is 1. The number of H-pyrrole nitrogens is 1. The van der Waals surface area contributed by atoms with Gasteiger partial charge in [-0.05, 0) is 42.3 Å². The largest absolute Gasteiger partial charge is 0.361 e. The van der Waals surface area contributed by atoms with Crippen molar-refractivity contribution in [2.24, 2.45) is 0 Å². The van der Waals surface area contributed by atoms with E-state index >= 15 is 0 Å². The highest BCUT2D eigenvalue weighted by molar-refractivity contribution is 7.89. The van der Waals surface area contributed by atoms with Crippen LogP contribution in [0, 0.1) is 12.7 Å². The van der Waals surface area contributed by atoms with Crippen molar-refractivity contribution >= 4 is 20.9 Å². The fourth-order valence-electron chi connectivity index (χ4n) is 2.96. The lowest BCUT2D eigenvalue weighted by Crippen LogP contribution is -2.36. The van der Waals surface area contributed by atoms with Crippen LogP contribution < -0.4 is 4.72 Å². The first-order valence-electron chi connectivity index (χ1n) is 8.03. The van der Waals surface area contributed by atoms with E-state index in [9.17, 15) is 12.8 Å². The molecule has 132 valence electrons. The number of aromatic amines is 1. The van der Waals surface area contributed by atoms with Gasteiger partial charge in [0, 0.05) is 29.1 Å². The molecule has 0 amide bonds. The Bertz CT molecular complexity index is 1020. The van der Waals surface area contributed by atoms with Gasteiger partial charge in [-0.15, -0.1) is 0 Å². The summed E-state index contributed by atoms with van der Waals surface area (Å²) in [6, 6.07) is 11.4. The number of aromatic nitrogens is 1. The number of nitrogens with one attached hydrogen (secondary N) is 2. The minimum absolute atomic E-state index is 0.230. The first-order valence-corrected chi connectivity index (χ1v) is 9.51. The van der Waals surface area contributed by atoms with Crippen LogP contribution in [0.15, 0.2) is 53.6 Å². The predicted octanol–water partition coefficient (Wildman–Crippen LogP) is 3.87. The van der Waals surface area contributed by atoms with E-state index in [4.69, 9.17) is 0 Å². The molecule has 4 nitrogen and oxygen atoms in total. The van der Waals surface area contributed by atoms with Gasteiger partial charge in [-0.3, -0.25) is 0 Å². The molecule has 0 aliphatic heterocycles. The van der Waals surface area contributed by atoms with E-state index in [1.807, 2.05) is 26.1 Å². The molecule has 0 atom stereocenters. The van der Waals surface area contributed by atoms with Crippen molar-refractivity contribution in [1.29, 1.82) is 0 Å². The monoisotopic (exact) mass is 360 g/mol. The van der Waals surface area contributed by atoms with Crippen LogP contribution in [-0.2, 0) is 15.4 Å². The van der Waals surface area contributed by atoms with Gasteiger partial charge in [0.15, 0.2) is 0 Å². The third-order valence-corrected chi connectivity index (χ3v) is 6.02. The first-order chi connectivity index (χ1) is 11.7. The molecule has 25 heavy (non-hydrogen) atoms. The van der Waals surface area contributed by atoms with Crippen LogP contribution in [0.5, 0.6) is 0 Å². The lowest BCUT2D eigenvalue weighted by atomic mass is 9.85. The maximum absolute atomic E-state index is 13.4. The summed E-state index contributed by atoms with van der Waals surface area (Å²) in [6.07, 6.45) is 1.81. The zero-order valence-corrected chi connectivity index (χ0v) is 15.2. The Morgan fingerprint density at radius 3 is 2.60 bits per heavy atom. The van der Waals surface area contributed by atoms with Gasteiger partial charge in [0.05, 0.1) is 4.90 Å². The van der Waals surface area contributed by atoms with E-state index in [0.29, 0.717) is 11.1 Å². The molecule has 3 rings (SSSR count). The molecule has 2 aromatic carbocycles. The summed E-state index contributed by atoms with van der Waals surface area (Å²) in [4.78, 5) is 3.34. The second-order valence-corrected chi connectivity index (χ2v) is 8.60. The second-order valence-electron chi connectivity index (χ2n) is 6.87. The molecule has 0 radical (unpaired) electrons. The second kappa shape index (κ2) is 6.28. The Hall–Kier alpha value is -2.18. The highest BCUT2D eigenvalue weighted by atomic mass is 32.2. The molecule has 2 N–H and O–H groups in total. The van der Waals surface area contributed by atoms with E-state index in [0.717, 1.165) is 10.9 Å². The predicted molar refractivity (Wildman–Crippen MR) is 97.7 cm³/mol. The minimum Gasteiger partial charge on any atom is -0.361 e. The van der Waals surface area contributed by atoms with Gasteiger partial charge in [-0.25, -0.2) is 17.5 Å². The van der Waals surface area contributed by atoms with Gasteiger partial charge < -0.3 is 4.98 Å². The Labute approximate surface area is 147 Å². The van der Waals surface area contributed by atoms with Crippen LogP contribution in [0.25, 0.3) is 10.9 Å². The maximum atomic E-state index is 13.4. The van der Waals surface area contributed by atoms with E-state index in [1.165, 1.54) is 12.1 Å². The molecule has 0 spiro atoms. The number of hydrogen-bond donors (Lipinski definition) is 2. The quantitative estimate of drug-likeness (QED) is 0.725. The smallest absolute Gasteiger partial charge is 0.240 e. The zero-order valence-electron chi connectivity index (χ0n) is 14.4.